The van der Waals surface area contributed by atoms with Gasteiger partial charge in [-0.25, -0.2) is 0 Å². The molecule has 0 unspecified atom stereocenters. The number of ether oxygens (including phenoxy) is 1. The summed E-state index contributed by atoms with van der Waals surface area (Å²) in [5.41, 5.74) is 3.48. The second kappa shape index (κ2) is 15.1. The first-order chi connectivity index (χ1) is 23.6. The van der Waals surface area contributed by atoms with Crippen molar-refractivity contribution in [2.45, 2.75) is 82.0 Å². The molecular weight excluding hydrogens is 633 g/mol. The van der Waals surface area contributed by atoms with Gasteiger partial charge in [0.25, 0.3) is 5.91 Å². The van der Waals surface area contributed by atoms with E-state index in [2.05, 4.69) is 41.4 Å². The summed E-state index contributed by atoms with van der Waals surface area (Å²) in [6, 6.07) is 28.4. The Balaban J connectivity index is 1.14. The van der Waals surface area contributed by atoms with Crippen molar-refractivity contribution in [2.24, 2.45) is 5.92 Å². The third kappa shape index (κ3) is 7.63. The molecule has 0 bridgehead atoms. The third-order valence-electron chi connectivity index (χ3n) is 10.9. The van der Waals surface area contributed by atoms with Crippen molar-refractivity contribution in [3.63, 3.8) is 0 Å². The summed E-state index contributed by atoms with van der Waals surface area (Å²) < 4.78 is 6.66. The molecule has 0 saturated carbocycles. The smallest absolute Gasteiger partial charge is 0.254 e. The van der Waals surface area contributed by atoms with Gasteiger partial charge < -0.3 is 29.8 Å². The number of aryl methyl sites for hydroxylation is 1. The average Bonchev–Trinajstić information content (AvgIpc) is 3.57. The molecule has 49 heavy (non-hydrogen) atoms. The lowest BCUT2D eigenvalue weighted by Gasteiger charge is -2.39. The Morgan fingerprint density at radius 3 is 2.29 bits per heavy atom. The van der Waals surface area contributed by atoms with E-state index in [9.17, 15) is 19.5 Å². The van der Waals surface area contributed by atoms with E-state index >= 15 is 0 Å². The molecule has 3 aromatic rings. The van der Waals surface area contributed by atoms with Gasteiger partial charge in [-0.15, -0.1) is 0 Å². The van der Waals surface area contributed by atoms with Crippen molar-refractivity contribution in [3.05, 3.63) is 96.1 Å². The number of benzene rings is 3. The normalized spacial score (nSPS) is 23.7. The van der Waals surface area contributed by atoms with E-state index in [0.717, 1.165) is 61.3 Å². The highest BCUT2D eigenvalue weighted by Gasteiger charge is 2.53. The van der Waals surface area contributed by atoms with Crippen molar-refractivity contribution >= 4 is 31.5 Å². The van der Waals surface area contributed by atoms with Crippen LogP contribution >= 0.6 is 0 Å². The number of aliphatic hydroxyl groups excluding tert-OH is 1. The summed E-state index contributed by atoms with van der Waals surface area (Å²) in [7, 11) is -2.68. The van der Waals surface area contributed by atoms with Crippen molar-refractivity contribution in [1.29, 1.82) is 0 Å². The van der Waals surface area contributed by atoms with E-state index in [-0.39, 0.29) is 55.1 Å². The number of anilines is 2. The van der Waals surface area contributed by atoms with Gasteiger partial charge in [0.15, 0.2) is 8.32 Å². The second-order valence-corrected chi connectivity index (χ2v) is 18.6. The van der Waals surface area contributed by atoms with Crippen molar-refractivity contribution in [2.75, 3.05) is 42.7 Å². The molecule has 3 aromatic carbocycles. The fraction of sp³-hybridized carbons (Fsp3) is 0.487. The predicted molar refractivity (Wildman–Crippen MR) is 196 cm³/mol. The van der Waals surface area contributed by atoms with Crippen LogP contribution in [0.4, 0.5) is 11.4 Å². The van der Waals surface area contributed by atoms with E-state index in [0.29, 0.717) is 13.2 Å². The maximum Gasteiger partial charge on any atom is 0.254 e. The minimum atomic E-state index is -2.68. The Morgan fingerprint density at radius 1 is 0.959 bits per heavy atom. The van der Waals surface area contributed by atoms with E-state index in [1.54, 1.807) is 4.90 Å². The molecule has 3 aliphatic heterocycles. The monoisotopic (exact) mass is 684 g/mol. The number of nitrogens with zero attached hydrogens (tertiary/aromatic N) is 3. The zero-order valence-electron chi connectivity index (χ0n) is 29.1. The maximum atomic E-state index is 14.2. The minimum Gasteiger partial charge on any atom is -0.432 e. The van der Waals surface area contributed by atoms with Crippen LogP contribution in [0.3, 0.4) is 0 Å². The number of para-hydroxylation sites is 1. The Hall–Kier alpha value is -3.54. The van der Waals surface area contributed by atoms with Crippen LogP contribution in [0.5, 0.6) is 0 Å². The van der Waals surface area contributed by atoms with Crippen LogP contribution in [0.2, 0.25) is 18.6 Å². The van der Waals surface area contributed by atoms with Crippen LogP contribution in [0.1, 0.15) is 43.7 Å². The fourth-order valence-corrected chi connectivity index (χ4v) is 11.1. The Kier molecular flexibility index (Phi) is 10.9. The van der Waals surface area contributed by atoms with Crippen LogP contribution in [0.25, 0.3) is 0 Å². The molecule has 0 radical (unpaired) electrons. The lowest BCUT2D eigenvalue weighted by Crippen LogP contribution is -2.55. The van der Waals surface area contributed by atoms with E-state index in [1.165, 1.54) is 0 Å². The van der Waals surface area contributed by atoms with Gasteiger partial charge in [0.1, 0.15) is 5.54 Å². The molecule has 3 fully saturated rings. The summed E-state index contributed by atoms with van der Waals surface area (Å²) in [5.74, 6) is 0.182. The number of nitrogens with one attached hydrogen (secondary N) is 1. The van der Waals surface area contributed by atoms with Crippen molar-refractivity contribution < 1.29 is 24.2 Å². The standard InChI is InChI=1S/C39H52N4O5Si/c1-29-34(48-35(37(29)49(2,3)47)26-36(45)41(23-24-44)27-31-11-6-4-7-12-31)18-17-30-13-10-16-33(25-30)42-28-43(32-14-8-5-9-15-32)39(38(42)46)19-21-40-22-20-39/h4-16,25,29,34-35,37,40,44,47H,17-24,26-28H2,1-3H3/t29-,34+,35-,37+/m0/s1. The zero-order chi connectivity index (χ0) is 34.6. The molecule has 0 aromatic heterocycles. The summed E-state index contributed by atoms with van der Waals surface area (Å²) >= 11 is 0. The van der Waals surface area contributed by atoms with Gasteiger partial charge in [0.2, 0.25) is 5.91 Å². The number of carbonyl (C=O) groups is 2. The Labute approximate surface area is 292 Å². The van der Waals surface area contributed by atoms with Crippen LogP contribution in [-0.2, 0) is 27.3 Å². The van der Waals surface area contributed by atoms with Crippen LogP contribution in [-0.4, -0.2) is 85.6 Å². The van der Waals surface area contributed by atoms with Crippen molar-refractivity contribution in [1.82, 2.24) is 10.2 Å². The van der Waals surface area contributed by atoms with Gasteiger partial charge in [0, 0.05) is 30.0 Å². The number of carbonyl (C=O) groups excluding carboxylic acids is 2. The number of rotatable bonds is 12. The average molecular weight is 685 g/mol. The van der Waals surface area contributed by atoms with Crippen LogP contribution < -0.4 is 15.1 Å². The highest BCUT2D eigenvalue weighted by Crippen LogP contribution is 2.46. The molecule has 9 nitrogen and oxygen atoms in total. The summed E-state index contributed by atoms with van der Waals surface area (Å²) in [4.78, 5) is 45.1. The number of aliphatic hydroxyl groups is 1. The molecule has 3 saturated heterocycles. The molecule has 262 valence electrons. The number of hydrogen-bond acceptors (Lipinski definition) is 7. The first-order valence-electron chi connectivity index (χ1n) is 17.9. The lowest BCUT2D eigenvalue weighted by atomic mass is 9.86. The molecule has 6 rings (SSSR count). The highest BCUT2D eigenvalue weighted by atomic mass is 28.4. The third-order valence-corrected chi connectivity index (χ3v) is 13.4. The molecule has 2 amide bonds. The molecular formula is C39H52N4O5Si. The van der Waals surface area contributed by atoms with Crippen molar-refractivity contribution in [3.8, 4) is 0 Å². The van der Waals surface area contributed by atoms with Gasteiger partial charge in [-0.3, -0.25) is 14.5 Å². The molecule has 3 heterocycles. The maximum absolute atomic E-state index is 14.2. The quantitative estimate of drug-likeness (QED) is 0.233. The summed E-state index contributed by atoms with van der Waals surface area (Å²) in [6.45, 7) is 8.74. The topological polar surface area (TPSA) is 106 Å². The number of amides is 2. The molecule has 1 spiro atoms. The predicted octanol–water partition coefficient (Wildman–Crippen LogP) is 4.93. The second-order valence-electron chi connectivity index (χ2n) is 14.6. The van der Waals surface area contributed by atoms with E-state index < -0.39 is 13.9 Å². The zero-order valence-corrected chi connectivity index (χ0v) is 30.1. The van der Waals surface area contributed by atoms with E-state index in [1.807, 2.05) is 78.7 Å². The number of piperidine rings is 1. The van der Waals surface area contributed by atoms with Gasteiger partial charge in [0.05, 0.1) is 31.9 Å². The summed E-state index contributed by atoms with van der Waals surface area (Å²) in [6.07, 6.45) is 2.74. The first kappa shape index (κ1) is 35.3. The minimum absolute atomic E-state index is 0.0713. The molecule has 0 aliphatic carbocycles. The first-order valence-corrected chi connectivity index (χ1v) is 20.9. The van der Waals surface area contributed by atoms with Gasteiger partial charge in [-0.1, -0.05) is 67.6 Å². The Morgan fingerprint density at radius 2 is 1.61 bits per heavy atom. The largest absolute Gasteiger partial charge is 0.432 e. The van der Waals surface area contributed by atoms with Gasteiger partial charge >= 0.3 is 0 Å². The van der Waals surface area contributed by atoms with Crippen LogP contribution in [0, 0.1) is 5.92 Å². The molecule has 4 atom stereocenters. The molecule has 3 aliphatic rings. The molecule has 10 heteroatoms. The van der Waals surface area contributed by atoms with Crippen LogP contribution in [0.15, 0.2) is 84.9 Å². The number of hydrogen-bond donors (Lipinski definition) is 3. The highest BCUT2D eigenvalue weighted by molar-refractivity contribution is 6.71. The fourth-order valence-electron chi connectivity index (χ4n) is 8.48. The summed E-state index contributed by atoms with van der Waals surface area (Å²) in [5, 5.41) is 13.1. The Bertz CT molecular complexity index is 1560. The SMILES string of the molecule is C[C@@H]1[C@@H]([Si](C)(C)O)[C@H](CC(=O)N(CCO)Cc2ccccc2)O[C@@H]1CCc1cccc(N2CN(c3ccccc3)C3(CCNCC3)C2=O)c1. The van der Waals surface area contributed by atoms with E-state index in [4.69, 9.17) is 4.74 Å². The lowest BCUT2D eigenvalue weighted by molar-refractivity contribution is -0.135. The van der Waals surface area contributed by atoms with Gasteiger partial charge in [-0.2, -0.15) is 0 Å². The molecule has 3 N–H and O–H groups in total. The van der Waals surface area contributed by atoms with Gasteiger partial charge in [-0.05, 0) is 93.2 Å².